The molecule has 3 rings (SSSR count). The molecular formula is C16H15N5O8S2. The zero-order valence-corrected chi connectivity index (χ0v) is 17.1. The van der Waals surface area contributed by atoms with Gasteiger partial charge < -0.3 is 30.8 Å². The van der Waals surface area contributed by atoms with Crippen LogP contribution in [0.4, 0.5) is 9.93 Å². The highest BCUT2D eigenvalue weighted by Crippen LogP contribution is 2.40. The number of amides is 2. The fourth-order valence-electron chi connectivity index (χ4n) is 2.68. The molecule has 1 fully saturated rings. The quantitative estimate of drug-likeness (QED) is 0.173. The molecule has 0 bridgehead atoms. The van der Waals surface area contributed by atoms with Crippen LogP contribution in [-0.2, 0) is 24.0 Å². The van der Waals surface area contributed by atoms with E-state index >= 15 is 0 Å². The molecule has 15 heteroatoms. The van der Waals surface area contributed by atoms with Crippen molar-refractivity contribution in [3.63, 3.8) is 0 Å². The van der Waals surface area contributed by atoms with Gasteiger partial charge in [-0.3, -0.25) is 14.5 Å². The molecule has 31 heavy (non-hydrogen) atoms. The molecule has 1 saturated heterocycles. The molecule has 2 aliphatic rings. The second-order valence-electron chi connectivity index (χ2n) is 5.94. The van der Waals surface area contributed by atoms with E-state index in [1.807, 2.05) is 0 Å². The van der Waals surface area contributed by atoms with Crippen LogP contribution in [0.25, 0.3) is 0 Å². The number of rotatable bonds is 8. The van der Waals surface area contributed by atoms with E-state index in [4.69, 9.17) is 20.7 Å². The third-order valence-corrected chi connectivity index (χ3v) is 5.96. The Kier molecular flexibility index (Phi) is 6.45. The minimum Gasteiger partial charge on any atom is -0.479 e. The van der Waals surface area contributed by atoms with Crippen molar-refractivity contribution < 1.29 is 39.0 Å². The highest BCUT2D eigenvalue weighted by Gasteiger charge is 2.54. The molecule has 13 nitrogen and oxygen atoms in total. The van der Waals surface area contributed by atoms with E-state index in [-0.39, 0.29) is 22.4 Å². The normalized spacial score (nSPS) is 20.5. The molecule has 1 aromatic rings. The molecule has 2 amide bonds. The van der Waals surface area contributed by atoms with Crippen molar-refractivity contribution in [1.29, 1.82) is 0 Å². The summed E-state index contributed by atoms with van der Waals surface area (Å²) in [6, 6.07) is -1.02. The van der Waals surface area contributed by atoms with Gasteiger partial charge in [-0.15, -0.1) is 23.1 Å². The van der Waals surface area contributed by atoms with Gasteiger partial charge in [-0.1, -0.05) is 17.8 Å². The predicted octanol–water partition coefficient (Wildman–Crippen LogP) is 0.0227. The van der Waals surface area contributed by atoms with Gasteiger partial charge in [0.05, 0.1) is 0 Å². The molecular weight excluding hydrogens is 454 g/mol. The summed E-state index contributed by atoms with van der Waals surface area (Å²) >= 11 is 2.29. The van der Waals surface area contributed by atoms with E-state index < -0.39 is 42.0 Å². The number of nitrogen functional groups attached to an aromatic ring is 1. The van der Waals surface area contributed by atoms with Crippen molar-refractivity contribution in [1.82, 2.24) is 15.2 Å². The summed E-state index contributed by atoms with van der Waals surface area (Å²) in [6.07, 6.45) is -0.205. The van der Waals surface area contributed by atoms with Gasteiger partial charge in [0, 0.05) is 16.7 Å². The maximum Gasteiger partial charge on any atom is 0.512 e. The van der Waals surface area contributed by atoms with Crippen LogP contribution in [0.2, 0.25) is 0 Å². The molecule has 1 unspecified atom stereocenters. The lowest BCUT2D eigenvalue weighted by Crippen LogP contribution is -2.70. The fourth-order valence-corrected chi connectivity index (χ4v) is 4.55. The minimum atomic E-state index is -1.59. The summed E-state index contributed by atoms with van der Waals surface area (Å²) < 4.78 is 4.73. The zero-order valence-electron chi connectivity index (χ0n) is 15.5. The average molecular weight is 469 g/mol. The number of hydrogen-bond donors (Lipinski definition) is 4. The first-order chi connectivity index (χ1) is 14.7. The van der Waals surface area contributed by atoms with Crippen LogP contribution in [0.3, 0.4) is 0 Å². The number of aromatic nitrogens is 1. The Morgan fingerprint density at radius 3 is 2.77 bits per heavy atom. The van der Waals surface area contributed by atoms with E-state index in [1.165, 1.54) is 23.2 Å². The Bertz CT molecular complexity index is 1020. The second-order valence-corrected chi connectivity index (χ2v) is 7.94. The van der Waals surface area contributed by atoms with Crippen molar-refractivity contribution in [2.75, 3.05) is 18.1 Å². The molecule has 1 aromatic heterocycles. The molecule has 2 atom stereocenters. The second kappa shape index (κ2) is 9.05. The summed E-state index contributed by atoms with van der Waals surface area (Å²) in [5.74, 6) is -2.62. The summed E-state index contributed by atoms with van der Waals surface area (Å²) in [5.41, 5.74) is 5.66. The van der Waals surface area contributed by atoms with Crippen LogP contribution in [0, 0.1) is 0 Å². The van der Waals surface area contributed by atoms with E-state index in [0.29, 0.717) is 11.3 Å². The number of carbonyl (C=O) groups excluding carboxylic acids is 2. The average Bonchev–Trinajstić information content (AvgIpc) is 3.13. The number of nitrogens with two attached hydrogens (primary N) is 1. The summed E-state index contributed by atoms with van der Waals surface area (Å²) in [7, 11) is 0. The number of carboxylic acid groups (broad SMARTS) is 2. The highest BCUT2D eigenvalue weighted by atomic mass is 32.2. The number of nitrogens with zero attached hydrogens (tertiary/aromatic N) is 3. The predicted molar refractivity (Wildman–Crippen MR) is 108 cm³/mol. The minimum absolute atomic E-state index is 0.0362. The van der Waals surface area contributed by atoms with E-state index in [9.17, 15) is 19.2 Å². The number of thiazole rings is 1. The monoisotopic (exact) mass is 469 g/mol. The number of hydrogen-bond acceptors (Lipinski definition) is 11. The lowest BCUT2D eigenvalue weighted by atomic mass is 10.1. The first-order valence-corrected chi connectivity index (χ1v) is 10.3. The third kappa shape index (κ3) is 4.61. The Hall–Kier alpha value is -3.59. The smallest absolute Gasteiger partial charge is 0.479 e. The summed E-state index contributed by atoms with van der Waals surface area (Å²) in [5, 5.41) is 24.5. The van der Waals surface area contributed by atoms with E-state index in [2.05, 4.69) is 26.9 Å². The number of oxime groups is 1. The van der Waals surface area contributed by atoms with E-state index in [0.717, 1.165) is 16.2 Å². The first kappa shape index (κ1) is 22.1. The molecule has 0 aromatic carbocycles. The number of ether oxygens (including phenoxy) is 1. The number of aliphatic carboxylic acids is 1. The molecule has 5 N–H and O–H groups in total. The molecule has 0 radical (unpaired) electrons. The van der Waals surface area contributed by atoms with Gasteiger partial charge in [-0.25, -0.2) is 14.6 Å². The molecule has 3 heterocycles. The van der Waals surface area contributed by atoms with Crippen molar-refractivity contribution in [2.45, 2.75) is 11.4 Å². The highest BCUT2D eigenvalue weighted by molar-refractivity contribution is 8.00. The number of β-lactam (4-membered cyclic amide) rings is 1. The molecule has 2 aliphatic heterocycles. The van der Waals surface area contributed by atoms with Crippen LogP contribution < -0.4 is 11.1 Å². The van der Waals surface area contributed by atoms with Crippen LogP contribution in [0.1, 0.15) is 5.69 Å². The van der Waals surface area contributed by atoms with Gasteiger partial charge in [0.15, 0.2) is 10.8 Å². The van der Waals surface area contributed by atoms with Crippen molar-refractivity contribution in [2.24, 2.45) is 5.16 Å². The SMILES string of the molecule is C=CC1=C(OC(=O)O)N2C(=O)C(NC(=O)C(=NOCC(=O)O)c3csc(N)n3)[C@@H]2SC1. The van der Waals surface area contributed by atoms with Gasteiger partial charge in [0.1, 0.15) is 17.1 Å². The lowest BCUT2D eigenvalue weighted by molar-refractivity contribution is -0.148. The standard InChI is InChI=1S/C16H15N5O8S2/c1-2-6-4-30-14-10(12(25)21(14)13(6)29-16(26)27)19-11(24)9(20-28-3-8(22)23)7-5-31-15(17)18-7/h2,5,10,14H,1,3-4H2,(H2,17,18)(H,19,24)(H,22,23)(H,26,27)/t10?,14-/m0/s1. The maximum atomic E-state index is 12.8. The molecule has 0 aliphatic carbocycles. The van der Waals surface area contributed by atoms with E-state index in [1.54, 1.807) is 0 Å². The summed E-state index contributed by atoms with van der Waals surface area (Å²) in [4.78, 5) is 56.7. The Morgan fingerprint density at radius 1 is 1.45 bits per heavy atom. The van der Waals surface area contributed by atoms with Crippen molar-refractivity contribution in [3.05, 3.63) is 35.2 Å². The number of anilines is 1. The van der Waals surface area contributed by atoms with Gasteiger partial charge in [-0.2, -0.15) is 0 Å². The number of nitrogens with one attached hydrogen (secondary N) is 1. The number of thioether (sulfide) groups is 1. The van der Waals surface area contributed by atoms with Gasteiger partial charge in [0.25, 0.3) is 11.8 Å². The van der Waals surface area contributed by atoms with Gasteiger partial charge in [-0.05, 0) is 0 Å². The number of carbonyl (C=O) groups is 4. The Morgan fingerprint density at radius 2 is 2.19 bits per heavy atom. The van der Waals surface area contributed by atoms with Crippen molar-refractivity contribution >= 4 is 57.9 Å². The Labute approximate surface area is 182 Å². The van der Waals surface area contributed by atoms with Crippen molar-refractivity contribution in [3.8, 4) is 0 Å². The van der Waals surface area contributed by atoms with Gasteiger partial charge in [0.2, 0.25) is 12.5 Å². The molecule has 0 spiro atoms. The topological polar surface area (TPSA) is 194 Å². The fraction of sp³-hybridized carbons (Fsp3) is 0.250. The first-order valence-electron chi connectivity index (χ1n) is 8.38. The van der Waals surface area contributed by atoms with Crippen LogP contribution in [0.5, 0.6) is 0 Å². The van der Waals surface area contributed by atoms with Gasteiger partial charge >= 0.3 is 12.1 Å². The third-order valence-electron chi connectivity index (χ3n) is 3.99. The maximum absolute atomic E-state index is 12.8. The van der Waals surface area contributed by atoms with Crippen LogP contribution in [0.15, 0.2) is 34.6 Å². The summed E-state index contributed by atoms with van der Waals surface area (Å²) in [6.45, 7) is 2.78. The zero-order chi connectivity index (χ0) is 22.7. The Balaban J connectivity index is 1.78. The number of allylic oxidation sites excluding steroid dienone is 1. The number of fused-ring (bicyclic) bond motifs is 1. The molecule has 164 valence electrons. The molecule has 0 saturated carbocycles. The largest absolute Gasteiger partial charge is 0.512 e. The lowest BCUT2D eigenvalue weighted by Gasteiger charge is -2.48. The number of carboxylic acids is 1. The van der Waals surface area contributed by atoms with Crippen LogP contribution in [-0.4, -0.2) is 73.5 Å². The van der Waals surface area contributed by atoms with Crippen LogP contribution >= 0.6 is 23.1 Å².